The summed E-state index contributed by atoms with van der Waals surface area (Å²) >= 11 is 1.12. The number of rotatable bonds is 10. The molecule has 9 nitrogen and oxygen atoms in total. The van der Waals surface area contributed by atoms with E-state index in [0.29, 0.717) is 10.6 Å². The summed E-state index contributed by atoms with van der Waals surface area (Å²) in [4.78, 5) is 40.4. The average molecular weight is 508 g/mol. The maximum atomic E-state index is 12.5. The monoisotopic (exact) mass is 508 g/mol. The first kappa shape index (κ1) is 25.5. The van der Waals surface area contributed by atoms with E-state index >= 15 is 0 Å². The molecule has 35 heavy (non-hydrogen) atoms. The van der Waals surface area contributed by atoms with Crippen LogP contribution in [0.25, 0.3) is 0 Å². The summed E-state index contributed by atoms with van der Waals surface area (Å²) in [6.07, 6.45) is -4.80. The van der Waals surface area contributed by atoms with E-state index in [2.05, 4.69) is 20.4 Å². The lowest BCUT2D eigenvalue weighted by atomic mass is 10.1. The molecule has 2 aromatic carbocycles. The zero-order valence-electron chi connectivity index (χ0n) is 17.9. The lowest BCUT2D eigenvalue weighted by molar-refractivity contribution is -0.274. The minimum absolute atomic E-state index is 0.0104. The number of aromatic nitrogens is 1. The second kappa shape index (κ2) is 11.3. The highest BCUT2D eigenvalue weighted by Gasteiger charge is 2.31. The third-order valence-corrected chi connectivity index (χ3v) is 5.19. The van der Waals surface area contributed by atoms with Crippen LogP contribution in [0.15, 0.2) is 60.0 Å². The van der Waals surface area contributed by atoms with Gasteiger partial charge in [-0.05, 0) is 29.8 Å². The van der Waals surface area contributed by atoms with Crippen LogP contribution in [0, 0.1) is 0 Å². The molecular formula is C22H19F3N4O5S. The molecule has 0 aliphatic carbocycles. The van der Waals surface area contributed by atoms with Crippen LogP contribution in [0.3, 0.4) is 0 Å². The molecule has 1 unspecified atom stereocenters. The van der Waals surface area contributed by atoms with Crippen LogP contribution in [0.5, 0.6) is 11.5 Å². The first-order chi connectivity index (χ1) is 16.6. The normalized spacial score (nSPS) is 11.9. The van der Waals surface area contributed by atoms with E-state index in [-0.39, 0.29) is 18.0 Å². The molecule has 3 aromatic rings. The van der Waals surface area contributed by atoms with Crippen LogP contribution in [-0.2, 0) is 16.1 Å². The lowest BCUT2D eigenvalue weighted by Crippen LogP contribution is -2.37. The van der Waals surface area contributed by atoms with Gasteiger partial charge in [0.1, 0.15) is 28.2 Å². The molecule has 1 atom stereocenters. The van der Waals surface area contributed by atoms with Crippen molar-refractivity contribution < 1.29 is 37.0 Å². The Hall–Kier alpha value is -4.13. The number of thiazole rings is 1. The van der Waals surface area contributed by atoms with Crippen molar-refractivity contribution in [3.8, 4) is 11.5 Å². The molecule has 0 fully saturated rings. The van der Waals surface area contributed by atoms with Gasteiger partial charge in [-0.2, -0.15) is 0 Å². The van der Waals surface area contributed by atoms with Gasteiger partial charge < -0.3 is 25.8 Å². The standard InChI is InChI=1S/C22H19F3N4O5S/c23-22(24,25)34-15-8-6-14(7-9-15)33-11-17(30)27-10-18-28-16(12-35-18)21(32)29-19(20(26)31)13-4-2-1-3-5-13/h1-9,12,19H,10-11H2,(H2,26,31)(H,27,30)(H,29,32). The van der Waals surface area contributed by atoms with Crippen molar-refractivity contribution in [2.24, 2.45) is 5.73 Å². The maximum absolute atomic E-state index is 12.5. The molecule has 184 valence electrons. The predicted molar refractivity (Wildman–Crippen MR) is 118 cm³/mol. The third-order valence-electron chi connectivity index (χ3n) is 4.34. The Balaban J connectivity index is 1.47. The Morgan fingerprint density at radius 1 is 1.03 bits per heavy atom. The number of hydrogen-bond donors (Lipinski definition) is 3. The number of alkyl halides is 3. The van der Waals surface area contributed by atoms with Crippen LogP contribution in [0.1, 0.15) is 27.1 Å². The Morgan fingerprint density at radius 2 is 1.69 bits per heavy atom. The van der Waals surface area contributed by atoms with E-state index in [4.69, 9.17) is 10.5 Å². The number of hydrogen-bond acceptors (Lipinski definition) is 7. The van der Waals surface area contributed by atoms with Gasteiger partial charge in [-0.25, -0.2) is 4.98 Å². The molecule has 0 bridgehead atoms. The van der Waals surface area contributed by atoms with Gasteiger partial charge in [-0.3, -0.25) is 14.4 Å². The number of nitrogens with two attached hydrogens (primary N) is 1. The Kier molecular flexibility index (Phi) is 8.25. The number of halogens is 3. The fraction of sp³-hybridized carbons (Fsp3) is 0.182. The summed E-state index contributed by atoms with van der Waals surface area (Å²) in [7, 11) is 0. The minimum atomic E-state index is -4.80. The predicted octanol–water partition coefficient (Wildman–Crippen LogP) is 2.69. The van der Waals surface area contributed by atoms with Gasteiger partial charge in [0.05, 0.1) is 6.54 Å². The minimum Gasteiger partial charge on any atom is -0.484 e. The van der Waals surface area contributed by atoms with Crippen LogP contribution < -0.4 is 25.8 Å². The number of nitrogens with zero attached hydrogens (tertiary/aromatic N) is 1. The van der Waals surface area contributed by atoms with Gasteiger partial charge in [0.25, 0.3) is 11.8 Å². The highest BCUT2D eigenvalue weighted by molar-refractivity contribution is 7.09. The van der Waals surface area contributed by atoms with E-state index in [9.17, 15) is 27.6 Å². The Bertz CT molecular complexity index is 1170. The average Bonchev–Trinajstić information content (AvgIpc) is 3.29. The van der Waals surface area contributed by atoms with E-state index in [1.165, 1.54) is 17.5 Å². The van der Waals surface area contributed by atoms with Gasteiger partial charge in [0.15, 0.2) is 6.61 Å². The summed E-state index contributed by atoms with van der Waals surface area (Å²) in [5.41, 5.74) is 5.98. The van der Waals surface area contributed by atoms with Crippen molar-refractivity contribution in [3.05, 3.63) is 76.2 Å². The second-order valence-electron chi connectivity index (χ2n) is 6.93. The highest BCUT2D eigenvalue weighted by atomic mass is 32.1. The SMILES string of the molecule is NC(=O)C(NC(=O)c1csc(CNC(=O)COc2ccc(OC(F)(F)F)cc2)n1)c1ccccc1. The second-order valence-corrected chi connectivity index (χ2v) is 7.87. The maximum Gasteiger partial charge on any atom is 0.573 e. The first-order valence-electron chi connectivity index (χ1n) is 9.95. The van der Waals surface area contributed by atoms with Crippen molar-refractivity contribution in [2.45, 2.75) is 18.9 Å². The number of primary amides is 1. The summed E-state index contributed by atoms with van der Waals surface area (Å²) in [6.45, 7) is -0.383. The van der Waals surface area contributed by atoms with E-state index in [1.807, 2.05) is 0 Å². The van der Waals surface area contributed by atoms with Crippen LogP contribution in [-0.4, -0.2) is 35.7 Å². The van der Waals surface area contributed by atoms with Crippen LogP contribution in [0.4, 0.5) is 13.2 Å². The van der Waals surface area contributed by atoms with E-state index < -0.39 is 42.5 Å². The fourth-order valence-corrected chi connectivity index (χ4v) is 3.49. The number of ether oxygens (including phenoxy) is 2. The molecule has 0 spiro atoms. The molecule has 1 aromatic heterocycles. The molecule has 3 amide bonds. The summed E-state index contributed by atoms with van der Waals surface area (Å²) < 4.78 is 45.5. The van der Waals surface area contributed by atoms with Gasteiger partial charge in [-0.1, -0.05) is 30.3 Å². The lowest BCUT2D eigenvalue weighted by Gasteiger charge is -2.14. The summed E-state index contributed by atoms with van der Waals surface area (Å²) in [6, 6.07) is 12.0. The molecule has 3 rings (SSSR count). The quantitative estimate of drug-likeness (QED) is 0.386. The summed E-state index contributed by atoms with van der Waals surface area (Å²) in [5, 5.41) is 6.98. The third kappa shape index (κ3) is 7.99. The number of carbonyl (C=O) groups is 3. The first-order valence-corrected chi connectivity index (χ1v) is 10.8. The molecule has 0 saturated carbocycles. The van der Waals surface area contributed by atoms with Crippen LogP contribution in [0.2, 0.25) is 0 Å². The van der Waals surface area contributed by atoms with Gasteiger partial charge in [0.2, 0.25) is 5.91 Å². The fourth-order valence-electron chi connectivity index (χ4n) is 2.78. The highest BCUT2D eigenvalue weighted by Crippen LogP contribution is 2.24. The van der Waals surface area contributed by atoms with Gasteiger partial charge >= 0.3 is 6.36 Å². The number of amides is 3. The Morgan fingerprint density at radius 3 is 2.31 bits per heavy atom. The van der Waals surface area contributed by atoms with Gasteiger partial charge in [-0.15, -0.1) is 24.5 Å². The largest absolute Gasteiger partial charge is 0.573 e. The zero-order valence-corrected chi connectivity index (χ0v) is 18.7. The number of benzene rings is 2. The van der Waals surface area contributed by atoms with E-state index in [0.717, 1.165) is 23.5 Å². The van der Waals surface area contributed by atoms with Crippen molar-refractivity contribution >= 4 is 29.1 Å². The topological polar surface area (TPSA) is 133 Å². The summed E-state index contributed by atoms with van der Waals surface area (Å²) in [5.74, 6) is -2.09. The number of carbonyl (C=O) groups excluding carboxylic acids is 3. The van der Waals surface area contributed by atoms with Gasteiger partial charge in [0, 0.05) is 5.38 Å². The molecule has 13 heteroatoms. The van der Waals surface area contributed by atoms with E-state index in [1.54, 1.807) is 30.3 Å². The molecule has 1 heterocycles. The molecule has 0 aliphatic heterocycles. The molecule has 0 saturated heterocycles. The van der Waals surface area contributed by atoms with Crippen molar-refractivity contribution in [3.63, 3.8) is 0 Å². The van der Waals surface area contributed by atoms with Crippen LogP contribution >= 0.6 is 11.3 Å². The molecule has 4 N–H and O–H groups in total. The number of nitrogens with one attached hydrogen (secondary N) is 2. The molecule has 0 radical (unpaired) electrons. The zero-order chi connectivity index (χ0) is 25.4. The smallest absolute Gasteiger partial charge is 0.484 e. The molecular weight excluding hydrogens is 489 g/mol. The van der Waals surface area contributed by atoms with Crippen molar-refractivity contribution in [1.29, 1.82) is 0 Å². The molecule has 0 aliphatic rings. The Labute approximate surface area is 201 Å². The van der Waals surface area contributed by atoms with Crippen molar-refractivity contribution in [2.75, 3.05) is 6.61 Å². The van der Waals surface area contributed by atoms with Crippen molar-refractivity contribution in [1.82, 2.24) is 15.6 Å².